The van der Waals surface area contributed by atoms with Gasteiger partial charge in [0.15, 0.2) is 0 Å². The van der Waals surface area contributed by atoms with E-state index in [0.29, 0.717) is 32.7 Å². The number of imide groups is 1. The van der Waals surface area contributed by atoms with E-state index in [-0.39, 0.29) is 30.9 Å². The van der Waals surface area contributed by atoms with Gasteiger partial charge in [0.25, 0.3) is 0 Å². The van der Waals surface area contributed by atoms with Gasteiger partial charge in [-0.2, -0.15) is 13.2 Å². The van der Waals surface area contributed by atoms with Crippen molar-refractivity contribution in [3.8, 4) is 0 Å². The molecule has 0 radical (unpaired) electrons. The number of rotatable bonds is 6. The normalized spacial score (nSPS) is 21.6. The monoisotopic (exact) mass is 488 g/mol. The fourth-order valence-electron chi connectivity index (χ4n) is 4.83. The maximum atomic E-state index is 13.4. The third kappa shape index (κ3) is 5.07. The van der Waals surface area contributed by atoms with Crippen LogP contribution < -0.4 is 0 Å². The van der Waals surface area contributed by atoms with E-state index in [1.807, 2.05) is 18.2 Å². The van der Waals surface area contributed by atoms with Gasteiger partial charge >= 0.3 is 6.18 Å². The minimum Gasteiger partial charge on any atom is -0.340 e. The number of carbonyl (C=O) groups excluding carboxylic acids is 3. The fourth-order valence-corrected chi connectivity index (χ4v) is 4.83. The summed E-state index contributed by atoms with van der Waals surface area (Å²) < 4.78 is 40.2. The Morgan fingerprint density at radius 3 is 2.40 bits per heavy atom. The van der Waals surface area contributed by atoms with Crippen LogP contribution in [0.5, 0.6) is 0 Å². The molecule has 7 nitrogen and oxygen atoms in total. The molecule has 2 aliphatic heterocycles. The zero-order valence-electron chi connectivity index (χ0n) is 19.4. The number of likely N-dealkylation sites (tertiary alicyclic amines) is 1. The highest BCUT2D eigenvalue weighted by atomic mass is 19.4. The van der Waals surface area contributed by atoms with Gasteiger partial charge in [-0.15, -0.1) is 0 Å². The van der Waals surface area contributed by atoms with E-state index in [1.54, 1.807) is 18.0 Å². The average Bonchev–Trinajstić information content (AvgIpc) is 3.09. The van der Waals surface area contributed by atoms with Crippen molar-refractivity contribution in [2.45, 2.75) is 37.9 Å². The summed E-state index contributed by atoms with van der Waals surface area (Å²) in [5, 5.41) is 0. The lowest BCUT2D eigenvalue weighted by Crippen LogP contribution is -2.50. The van der Waals surface area contributed by atoms with Gasteiger partial charge in [-0.1, -0.05) is 24.3 Å². The molecule has 0 saturated carbocycles. The van der Waals surface area contributed by atoms with Crippen LogP contribution in [0, 0.1) is 0 Å². The highest BCUT2D eigenvalue weighted by Gasteiger charge is 2.54. The fraction of sp³-hybridized carbons (Fsp3) is 0.440. The molecule has 3 heterocycles. The minimum absolute atomic E-state index is 0.0452. The molecule has 0 N–H and O–H groups in total. The van der Waals surface area contributed by atoms with E-state index in [0.717, 1.165) is 22.7 Å². The zero-order chi connectivity index (χ0) is 25.2. The van der Waals surface area contributed by atoms with Crippen LogP contribution in [0.25, 0.3) is 0 Å². The van der Waals surface area contributed by atoms with Crippen LogP contribution >= 0.6 is 0 Å². The Morgan fingerprint density at radius 1 is 1.06 bits per heavy atom. The van der Waals surface area contributed by atoms with Gasteiger partial charge < -0.3 is 4.90 Å². The van der Waals surface area contributed by atoms with Crippen LogP contribution in [0.3, 0.4) is 0 Å². The molecular formula is C25H27F3N4O3. The van der Waals surface area contributed by atoms with Gasteiger partial charge in [0, 0.05) is 58.3 Å². The van der Waals surface area contributed by atoms with E-state index in [4.69, 9.17) is 0 Å². The van der Waals surface area contributed by atoms with Crippen molar-refractivity contribution in [2.75, 3.05) is 32.7 Å². The van der Waals surface area contributed by atoms with Crippen LogP contribution in [0.2, 0.25) is 0 Å². The molecule has 186 valence electrons. The van der Waals surface area contributed by atoms with Crippen LogP contribution in [0.15, 0.2) is 48.7 Å². The molecule has 10 heteroatoms. The topological polar surface area (TPSA) is 73.8 Å². The molecule has 0 bridgehead atoms. The predicted octanol–water partition coefficient (Wildman–Crippen LogP) is 2.85. The highest BCUT2D eigenvalue weighted by Crippen LogP contribution is 2.42. The number of pyridine rings is 1. The summed E-state index contributed by atoms with van der Waals surface area (Å²) in [5.41, 5.74) is -1.59. The lowest BCUT2D eigenvalue weighted by molar-refractivity contribution is -0.143. The summed E-state index contributed by atoms with van der Waals surface area (Å²) in [5.74, 6) is -1.45. The van der Waals surface area contributed by atoms with Crippen molar-refractivity contribution in [1.82, 2.24) is 19.7 Å². The van der Waals surface area contributed by atoms with Gasteiger partial charge in [-0.05, 0) is 30.7 Å². The van der Waals surface area contributed by atoms with Crippen molar-refractivity contribution in [3.63, 3.8) is 0 Å². The van der Waals surface area contributed by atoms with E-state index < -0.39 is 29.0 Å². The zero-order valence-corrected chi connectivity index (χ0v) is 19.4. The van der Waals surface area contributed by atoms with Gasteiger partial charge in [-0.25, -0.2) is 0 Å². The molecule has 0 unspecified atom stereocenters. The number of alkyl halides is 3. The number of amides is 3. The molecule has 2 saturated heterocycles. The van der Waals surface area contributed by atoms with Crippen molar-refractivity contribution in [3.05, 3.63) is 65.5 Å². The third-order valence-corrected chi connectivity index (χ3v) is 6.76. The second kappa shape index (κ2) is 9.77. The molecule has 2 fully saturated rings. The number of halogens is 3. The van der Waals surface area contributed by atoms with Crippen LogP contribution in [-0.4, -0.2) is 70.1 Å². The number of piperazine rings is 1. The second-order valence-electron chi connectivity index (χ2n) is 8.94. The second-order valence-corrected chi connectivity index (χ2v) is 8.94. The molecule has 1 atom stereocenters. The molecule has 1 aromatic heterocycles. The molecular weight excluding hydrogens is 461 g/mol. The van der Waals surface area contributed by atoms with E-state index in [1.165, 1.54) is 12.1 Å². The molecule has 4 rings (SSSR count). The molecule has 2 aromatic rings. The summed E-state index contributed by atoms with van der Waals surface area (Å²) in [6.45, 7) is 4.42. The number of hydrogen-bond acceptors (Lipinski definition) is 5. The first-order valence-electron chi connectivity index (χ1n) is 11.6. The maximum Gasteiger partial charge on any atom is 0.416 e. The van der Waals surface area contributed by atoms with Crippen molar-refractivity contribution in [2.24, 2.45) is 0 Å². The summed E-state index contributed by atoms with van der Waals surface area (Å²) in [7, 11) is 0. The minimum atomic E-state index is -4.61. The summed E-state index contributed by atoms with van der Waals surface area (Å²) in [6, 6.07) is 10.1. The molecule has 0 spiro atoms. The van der Waals surface area contributed by atoms with Crippen molar-refractivity contribution in [1.29, 1.82) is 0 Å². The standard InChI is InChI=1S/C25H27F3N4O3/c1-2-32-22(34)16-24(23(32)35,18-6-5-7-19(14-18)25(26,27)28)15-21(33)31-12-10-30(11-13-31)17-20-8-3-4-9-29-20/h3-9,14H,2,10-13,15-17H2,1H3/t24-/m0/s1. The summed E-state index contributed by atoms with van der Waals surface area (Å²) in [4.78, 5) is 48.4. The molecule has 3 amide bonds. The molecule has 1 aromatic carbocycles. The lowest BCUT2D eigenvalue weighted by Gasteiger charge is -2.36. The lowest BCUT2D eigenvalue weighted by atomic mass is 9.75. The number of likely N-dealkylation sites (N-methyl/N-ethyl adjacent to an activating group) is 1. The molecule has 2 aliphatic rings. The predicted molar refractivity (Wildman–Crippen MR) is 121 cm³/mol. The van der Waals surface area contributed by atoms with Gasteiger partial charge in [-0.3, -0.25) is 29.2 Å². The first kappa shape index (κ1) is 24.8. The van der Waals surface area contributed by atoms with Gasteiger partial charge in [0.05, 0.1) is 16.7 Å². The van der Waals surface area contributed by atoms with E-state index >= 15 is 0 Å². The van der Waals surface area contributed by atoms with E-state index in [2.05, 4.69) is 9.88 Å². The Kier molecular flexibility index (Phi) is 6.93. The Bertz CT molecular complexity index is 1100. The number of aromatic nitrogens is 1. The van der Waals surface area contributed by atoms with E-state index in [9.17, 15) is 27.6 Å². The summed E-state index contributed by atoms with van der Waals surface area (Å²) in [6.07, 6.45) is -3.56. The Balaban J connectivity index is 1.53. The van der Waals surface area contributed by atoms with Gasteiger partial charge in [0.2, 0.25) is 17.7 Å². The molecule has 35 heavy (non-hydrogen) atoms. The average molecular weight is 489 g/mol. The number of benzene rings is 1. The number of nitrogens with zero attached hydrogens (tertiary/aromatic N) is 4. The smallest absolute Gasteiger partial charge is 0.340 e. The maximum absolute atomic E-state index is 13.4. The Labute approximate surface area is 201 Å². The SMILES string of the molecule is CCN1C(=O)C[C@@](CC(=O)N2CCN(Cc3ccccn3)CC2)(c2cccc(C(F)(F)F)c2)C1=O. The quantitative estimate of drug-likeness (QED) is 0.585. The van der Waals surface area contributed by atoms with Crippen molar-refractivity contribution < 1.29 is 27.6 Å². The Morgan fingerprint density at radius 2 is 1.80 bits per heavy atom. The Hall–Kier alpha value is -3.27. The van der Waals surface area contributed by atoms with Gasteiger partial charge in [0.1, 0.15) is 0 Å². The highest BCUT2D eigenvalue weighted by molar-refractivity contribution is 6.10. The molecule has 0 aliphatic carbocycles. The number of hydrogen-bond donors (Lipinski definition) is 0. The van der Waals surface area contributed by atoms with Crippen LogP contribution in [-0.2, 0) is 32.5 Å². The number of carbonyl (C=O) groups is 3. The first-order valence-corrected chi connectivity index (χ1v) is 11.6. The largest absolute Gasteiger partial charge is 0.416 e. The van der Waals surface area contributed by atoms with Crippen LogP contribution in [0.1, 0.15) is 36.6 Å². The summed E-state index contributed by atoms with van der Waals surface area (Å²) >= 11 is 0. The third-order valence-electron chi connectivity index (χ3n) is 6.76. The van der Waals surface area contributed by atoms with Crippen molar-refractivity contribution >= 4 is 17.7 Å². The first-order chi connectivity index (χ1) is 16.6. The van der Waals surface area contributed by atoms with Crippen LogP contribution in [0.4, 0.5) is 13.2 Å².